The number of rotatable bonds is 4. The molecule has 0 aliphatic carbocycles. The van der Waals surface area contributed by atoms with E-state index in [2.05, 4.69) is 19.2 Å². The molecule has 0 spiro atoms. The Morgan fingerprint density at radius 3 is 2.50 bits per heavy atom. The van der Waals surface area contributed by atoms with Gasteiger partial charge in [0.15, 0.2) is 0 Å². The third-order valence-corrected chi connectivity index (χ3v) is 2.85. The topological polar surface area (TPSA) is 22.3 Å². The lowest BCUT2D eigenvalue weighted by Crippen LogP contribution is -1.89. The fraction of sp³-hybridized carbons (Fsp3) is 0.600. The highest BCUT2D eigenvalue weighted by Gasteiger charge is 2.08. The van der Waals surface area contributed by atoms with Crippen LogP contribution < -0.4 is 5.73 Å². The molecular weight excluding hydrogens is 166 g/mol. The van der Waals surface area contributed by atoms with Crippen molar-refractivity contribution in [3.63, 3.8) is 0 Å². The molecule has 0 amide bonds. The van der Waals surface area contributed by atoms with Crippen molar-refractivity contribution >= 4 is 16.3 Å². The Labute approximate surface area is 78.6 Å². The molecule has 1 nitrogen and oxygen atoms in total. The Morgan fingerprint density at radius 1 is 1.25 bits per heavy atom. The lowest BCUT2D eigenvalue weighted by Gasteiger charge is -2.00. The second kappa shape index (κ2) is 4.51. The van der Waals surface area contributed by atoms with Crippen LogP contribution in [0.1, 0.15) is 37.8 Å². The zero-order chi connectivity index (χ0) is 8.97. The van der Waals surface area contributed by atoms with Crippen LogP contribution in [0.4, 0.5) is 5.00 Å². The first-order chi connectivity index (χ1) is 5.79. The second-order valence-corrected chi connectivity index (χ2v) is 3.90. The maximum Gasteiger partial charge on any atom is 0.142 e. The molecule has 1 aromatic rings. The van der Waals surface area contributed by atoms with Crippen molar-refractivity contribution in [1.82, 2.24) is 5.73 Å². The summed E-state index contributed by atoms with van der Waals surface area (Å²) in [5.74, 6) is 0. The highest BCUT2D eigenvalue weighted by Crippen LogP contribution is 2.28. The van der Waals surface area contributed by atoms with Crippen molar-refractivity contribution < 1.29 is 0 Å². The van der Waals surface area contributed by atoms with Crippen LogP contribution in [0, 0.1) is 0 Å². The van der Waals surface area contributed by atoms with Crippen LogP contribution in [0.5, 0.6) is 0 Å². The van der Waals surface area contributed by atoms with Crippen molar-refractivity contribution in [1.29, 1.82) is 0 Å². The van der Waals surface area contributed by atoms with E-state index < -0.39 is 0 Å². The predicted octanol–water partition coefficient (Wildman–Crippen LogP) is 3.35. The number of hydrogen-bond donors (Lipinski definition) is 0. The number of aryl methyl sites for hydroxylation is 1. The summed E-state index contributed by atoms with van der Waals surface area (Å²) in [7, 11) is 0. The van der Waals surface area contributed by atoms with Crippen LogP contribution in [0.25, 0.3) is 0 Å². The van der Waals surface area contributed by atoms with Gasteiger partial charge in [-0.2, -0.15) is 0 Å². The molecule has 0 saturated carbocycles. The van der Waals surface area contributed by atoms with Gasteiger partial charge in [0.05, 0.1) is 0 Å². The maximum atomic E-state index is 9.51. The smallest absolute Gasteiger partial charge is 0.138 e. The summed E-state index contributed by atoms with van der Waals surface area (Å²) in [4.78, 5) is 0. The maximum absolute atomic E-state index is 9.51. The van der Waals surface area contributed by atoms with Crippen molar-refractivity contribution in [2.45, 2.75) is 39.5 Å². The van der Waals surface area contributed by atoms with E-state index in [0.717, 1.165) is 25.7 Å². The van der Waals surface area contributed by atoms with Gasteiger partial charge in [-0.15, -0.1) is 17.1 Å². The zero-order valence-electron chi connectivity index (χ0n) is 7.76. The molecule has 0 saturated heterocycles. The van der Waals surface area contributed by atoms with Crippen molar-refractivity contribution in [3.8, 4) is 0 Å². The normalized spacial score (nSPS) is 10.5. The Kier molecular flexibility index (Phi) is 3.60. The third kappa shape index (κ3) is 2.01. The highest BCUT2D eigenvalue weighted by molar-refractivity contribution is 7.14. The quantitative estimate of drug-likeness (QED) is 0.679. The van der Waals surface area contributed by atoms with Crippen molar-refractivity contribution in [2.24, 2.45) is 0 Å². The van der Waals surface area contributed by atoms with E-state index in [1.165, 1.54) is 22.5 Å². The van der Waals surface area contributed by atoms with E-state index in [1.807, 2.05) is 0 Å². The van der Waals surface area contributed by atoms with E-state index >= 15 is 0 Å². The monoisotopic (exact) mass is 181 g/mol. The molecule has 0 aliphatic rings. The molecule has 0 atom stereocenters. The molecule has 2 radical (unpaired) electrons. The van der Waals surface area contributed by atoms with Gasteiger partial charge in [0.2, 0.25) is 0 Å². The van der Waals surface area contributed by atoms with Gasteiger partial charge in [-0.1, -0.05) is 26.7 Å². The van der Waals surface area contributed by atoms with Gasteiger partial charge in [-0.3, -0.25) is 0 Å². The lowest BCUT2D eigenvalue weighted by molar-refractivity contribution is 0.868. The van der Waals surface area contributed by atoms with E-state index in [0.29, 0.717) is 5.00 Å². The fourth-order valence-electron chi connectivity index (χ4n) is 1.40. The molecule has 0 aliphatic heterocycles. The molecule has 0 bridgehead atoms. The summed E-state index contributed by atoms with van der Waals surface area (Å²) < 4.78 is 0. The Balaban J connectivity index is 2.80. The number of thiophene rings is 1. The Morgan fingerprint density at radius 2 is 1.92 bits per heavy atom. The van der Waals surface area contributed by atoms with Crippen LogP contribution in [0.3, 0.4) is 0 Å². The zero-order valence-corrected chi connectivity index (χ0v) is 8.58. The minimum Gasteiger partial charge on any atom is -0.138 e. The molecule has 66 valence electrons. The summed E-state index contributed by atoms with van der Waals surface area (Å²) in [6.07, 6.45) is 4.39. The minimum atomic E-state index is 0.528. The first-order valence-electron chi connectivity index (χ1n) is 4.57. The second-order valence-electron chi connectivity index (χ2n) is 3.04. The molecule has 1 heterocycles. The molecule has 1 rings (SSSR count). The van der Waals surface area contributed by atoms with Gasteiger partial charge in [0.1, 0.15) is 5.00 Å². The molecule has 0 aromatic carbocycles. The largest absolute Gasteiger partial charge is 0.142 e. The molecule has 0 fully saturated rings. The highest BCUT2D eigenvalue weighted by atomic mass is 32.1. The van der Waals surface area contributed by atoms with E-state index in [9.17, 15) is 5.73 Å². The Hall–Kier alpha value is -0.500. The SMILES string of the molecule is CCCc1csc([N])c1CCC. The number of nitrogens with zero attached hydrogens (tertiary/aromatic N) is 1. The minimum absolute atomic E-state index is 0.528. The van der Waals surface area contributed by atoms with E-state index in [-0.39, 0.29) is 0 Å². The Bertz CT molecular complexity index is 240. The van der Waals surface area contributed by atoms with Crippen LogP contribution in [0.2, 0.25) is 0 Å². The van der Waals surface area contributed by atoms with Gasteiger partial charge >= 0.3 is 0 Å². The standard InChI is InChI=1S/C10H15NS/c1-3-5-8-7-12-10(11)9(8)6-4-2/h7H,3-6H2,1-2H3. The summed E-state index contributed by atoms with van der Waals surface area (Å²) >= 11 is 1.47. The molecule has 1 aromatic heterocycles. The molecule has 2 heteroatoms. The fourth-order valence-corrected chi connectivity index (χ4v) is 2.29. The first kappa shape index (κ1) is 9.59. The van der Waals surface area contributed by atoms with Crippen LogP contribution in [-0.4, -0.2) is 0 Å². The van der Waals surface area contributed by atoms with Gasteiger partial charge in [0.25, 0.3) is 0 Å². The van der Waals surface area contributed by atoms with Crippen molar-refractivity contribution in [3.05, 3.63) is 16.5 Å². The molecule has 12 heavy (non-hydrogen) atoms. The van der Waals surface area contributed by atoms with Gasteiger partial charge in [-0.05, 0) is 29.3 Å². The first-order valence-corrected chi connectivity index (χ1v) is 5.45. The molecular formula is C10H15NS. The van der Waals surface area contributed by atoms with Crippen LogP contribution in [0.15, 0.2) is 5.38 Å². The summed E-state index contributed by atoms with van der Waals surface area (Å²) in [6.45, 7) is 4.32. The van der Waals surface area contributed by atoms with Gasteiger partial charge in [0, 0.05) is 0 Å². The van der Waals surface area contributed by atoms with Gasteiger partial charge in [-0.25, -0.2) is 0 Å². The van der Waals surface area contributed by atoms with Crippen molar-refractivity contribution in [2.75, 3.05) is 0 Å². The van der Waals surface area contributed by atoms with Gasteiger partial charge < -0.3 is 0 Å². The summed E-state index contributed by atoms with van der Waals surface area (Å²) in [6, 6.07) is 0. The van der Waals surface area contributed by atoms with E-state index in [1.54, 1.807) is 0 Å². The summed E-state index contributed by atoms with van der Waals surface area (Å²) in [5.41, 5.74) is 12.0. The average molecular weight is 181 g/mol. The lowest BCUT2D eigenvalue weighted by atomic mass is 10.0. The average Bonchev–Trinajstić information content (AvgIpc) is 2.37. The van der Waals surface area contributed by atoms with E-state index in [4.69, 9.17) is 0 Å². The third-order valence-electron chi connectivity index (χ3n) is 1.98. The number of hydrogen-bond acceptors (Lipinski definition) is 1. The van der Waals surface area contributed by atoms with Crippen LogP contribution in [-0.2, 0) is 12.8 Å². The van der Waals surface area contributed by atoms with Crippen LogP contribution >= 0.6 is 11.3 Å². The predicted molar refractivity (Wildman–Crippen MR) is 54.1 cm³/mol. The summed E-state index contributed by atoms with van der Waals surface area (Å²) in [5, 5.41) is 2.62. The molecule has 0 unspecified atom stereocenters. The molecule has 0 N–H and O–H groups in total.